The second kappa shape index (κ2) is 10.2. The Bertz CT molecular complexity index is 1350. The van der Waals surface area contributed by atoms with E-state index in [0.717, 1.165) is 48.8 Å². The largest absolute Gasteiger partial charge is 0.464 e. The van der Waals surface area contributed by atoms with Gasteiger partial charge in [-0.25, -0.2) is 9.18 Å². The highest BCUT2D eigenvalue weighted by atomic mass is 19.1. The minimum atomic E-state index is -0.483. The van der Waals surface area contributed by atoms with Gasteiger partial charge in [-0.3, -0.25) is 4.98 Å². The van der Waals surface area contributed by atoms with E-state index in [1.807, 2.05) is 31.3 Å². The van der Waals surface area contributed by atoms with Gasteiger partial charge in [-0.05, 0) is 59.7 Å². The summed E-state index contributed by atoms with van der Waals surface area (Å²) in [6.45, 7) is 3.17. The lowest BCUT2D eigenvalue weighted by atomic mass is 9.96. The Morgan fingerprint density at radius 2 is 1.58 bits per heavy atom. The van der Waals surface area contributed by atoms with Gasteiger partial charge in [0, 0.05) is 55.0 Å². The SMILES string of the molecule is COC(=O)c1c(-c2ccc(F)cc2)c(-c2ccncc2)c(Nc2ccc(N3CCOCC3)cc2)n1C. The highest BCUT2D eigenvalue weighted by molar-refractivity contribution is 6.06. The molecule has 0 radical (unpaired) electrons. The molecule has 1 saturated heterocycles. The van der Waals surface area contributed by atoms with Crippen LogP contribution in [0.5, 0.6) is 0 Å². The van der Waals surface area contributed by atoms with Crippen molar-refractivity contribution in [1.29, 1.82) is 0 Å². The molecule has 0 amide bonds. The van der Waals surface area contributed by atoms with Gasteiger partial charge in [0.1, 0.15) is 17.3 Å². The highest BCUT2D eigenvalue weighted by Crippen LogP contribution is 2.44. The molecular formula is C28H27FN4O3. The summed E-state index contributed by atoms with van der Waals surface area (Å²) in [5.74, 6) is -0.124. The number of carbonyl (C=O) groups excluding carboxylic acids is 1. The Morgan fingerprint density at radius 1 is 0.944 bits per heavy atom. The number of methoxy groups -OCH3 is 1. The average molecular weight is 487 g/mol. The normalized spacial score (nSPS) is 13.5. The Labute approximate surface area is 209 Å². The fourth-order valence-corrected chi connectivity index (χ4v) is 4.58. The average Bonchev–Trinajstić information content (AvgIpc) is 3.21. The van der Waals surface area contributed by atoms with E-state index in [9.17, 15) is 9.18 Å². The predicted molar refractivity (Wildman–Crippen MR) is 138 cm³/mol. The maximum Gasteiger partial charge on any atom is 0.355 e. The number of hydrogen-bond acceptors (Lipinski definition) is 6. The van der Waals surface area contributed by atoms with Crippen molar-refractivity contribution in [1.82, 2.24) is 9.55 Å². The number of morpholine rings is 1. The van der Waals surface area contributed by atoms with Crippen LogP contribution in [-0.4, -0.2) is 48.9 Å². The molecule has 0 saturated carbocycles. The van der Waals surface area contributed by atoms with Crippen molar-refractivity contribution in [3.05, 3.63) is 84.6 Å². The standard InChI is InChI=1S/C28H27FN4O3/c1-32-26(28(34)35-2)24(19-3-5-21(29)6-4-19)25(20-11-13-30-14-12-20)27(32)31-22-7-9-23(10-8-22)33-15-17-36-18-16-33/h3-14,31H,15-18H2,1-2H3. The van der Waals surface area contributed by atoms with Crippen LogP contribution in [0.25, 0.3) is 22.3 Å². The topological polar surface area (TPSA) is 68.6 Å². The van der Waals surface area contributed by atoms with Gasteiger partial charge in [0.05, 0.1) is 20.3 Å². The number of hydrogen-bond donors (Lipinski definition) is 1. The van der Waals surface area contributed by atoms with Gasteiger partial charge in [0.2, 0.25) is 0 Å². The van der Waals surface area contributed by atoms with Crippen molar-refractivity contribution in [2.75, 3.05) is 43.6 Å². The van der Waals surface area contributed by atoms with Crippen molar-refractivity contribution >= 4 is 23.2 Å². The smallest absolute Gasteiger partial charge is 0.355 e. The number of esters is 1. The van der Waals surface area contributed by atoms with Crippen LogP contribution >= 0.6 is 0 Å². The summed E-state index contributed by atoms with van der Waals surface area (Å²) >= 11 is 0. The fraction of sp³-hybridized carbons (Fsp3) is 0.214. The Morgan fingerprint density at radius 3 is 2.22 bits per heavy atom. The van der Waals surface area contributed by atoms with E-state index in [1.54, 1.807) is 29.1 Å². The summed E-state index contributed by atoms with van der Waals surface area (Å²) in [6.07, 6.45) is 3.41. The number of pyridine rings is 1. The van der Waals surface area contributed by atoms with E-state index >= 15 is 0 Å². The van der Waals surface area contributed by atoms with Crippen molar-refractivity contribution in [2.45, 2.75) is 0 Å². The third-order valence-electron chi connectivity index (χ3n) is 6.38. The van der Waals surface area contributed by atoms with E-state index in [1.165, 1.54) is 19.2 Å². The van der Waals surface area contributed by atoms with Crippen molar-refractivity contribution in [3.8, 4) is 22.3 Å². The number of nitrogens with one attached hydrogen (secondary N) is 1. The number of halogens is 1. The van der Waals surface area contributed by atoms with Crippen LogP contribution in [0.3, 0.4) is 0 Å². The van der Waals surface area contributed by atoms with Crippen LogP contribution in [0.1, 0.15) is 10.5 Å². The highest BCUT2D eigenvalue weighted by Gasteiger charge is 2.28. The molecule has 1 aliphatic rings. The number of rotatable bonds is 6. The first-order valence-electron chi connectivity index (χ1n) is 11.7. The molecule has 0 spiro atoms. The van der Waals surface area contributed by atoms with Gasteiger partial charge in [-0.1, -0.05) is 12.1 Å². The van der Waals surface area contributed by atoms with Gasteiger partial charge in [-0.2, -0.15) is 0 Å². The molecule has 1 aliphatic heterocycles. The molecule has 8 heteroatoms. The summed E-state index contributed by atoms with van der Waals surface area (Å²) in [7, 11) is 3.17. The van der Waals surface area contributed by atoms with Crippen molar-refractivity contribution in [3.63, 3.8) is 0 Å². The lowest BCUT2D eigenvalue weighted by Crippen LogP contribution is -2.36. The zero-order chi connectivity index (χ0) is 25.1. The van der Waals surface area contributed by atoms with E-state index in [0.29, 0.717) is 22.6 Å². The van der Waals surface area contributed by atoms with Gasteiger partial charge in [-0.15, -0.1) is 0 Å². The molecular weight excluding hydrogens is 459 g/mol. The maximum atomic E-state index is 13.8. The molecule has 2 aromatic carbocycles. The van der Waals surface area contributed by atoms with Crippen LogP contribution in [0, 0.1) is 5.82 Å². The van der Waals surface area contributed by atoms with E-state index < -0.39 is 5.97 Å². The van der Waals surface area contributed by atoms with Gasteiger partial charge in [0.15, 0.2) is 0 Å². The monoisotopic (exact) mass is 486 g/mol. The minimum Gasteiger partial charge on any atom is -0.464 e. The van der Waals surface area contributed by atoms with Crippen molar-refractivity contribution < 1.29 is 18.7 Å². The molecule has 0 unspecified atom stereocenters. The Hall–Kier alpha value is -4.17. The second-order valence-electron chi connectivity index (χ2n) is 8.51. The van der Waals surface area contributed by atoms with Gasteiger partial charge >= 0.3 is 5.97 Å². The first-order valence-corrected chi connectivity index (χ1v) is 11.7. The second-order valence-corrected chi connectivity index (χ2v) is 8.51. The predicted octanol–water partition coefficient (Wildman–Crippen LogP) is 5.26. The molecule has 0 aliphatic carbocycles. The van der Waals surface area contributed by atoms with Crippen LogP contribution in [0.15, 0.2) is 73.1 Å². The van der Waals surface area contributed by atoms with E-state index in [4.69, 9.17) is 9.47 Å². The van der Waals surface area contributed by atoms with Crippen LogP contribution in [0.2, 0.25) is 0 Å². The molecule has 7 nitrogen and oxygen atoms in total. The Kier molecular flexibility index (Phi) is 6.69. The molecule has 36 heavy (non-hydrogen) atoms. The molecule has 184 valence electrons. The summed E-state index contributed by atoms with van der Waals surface area (Å²) in [5.41, 5.74) is 5.38. The molecule has 0 atom stereocenters. The molecule has 5 rings (SSSR count). The van der Waals surface area contributed by atoms with Crippen LogP contribution < -0.4 is 10.2 Å². The lowest BCUT2D eigenvalue weighted by Gasteiger charge is -2.29. The first kappa shape index (κ1) is 23.6. The molecule has 1 fully saturated rings. The van der Waals surface area contributed by atoms with Crippen LogP contribution in [-0.2, 0) is 16.5 Å². The van der Waals surface area contributed by atoms with Gasteiger partial charge < -0.3 is 24.3 Å². The summed E-state index contributed by atoms with van der Waals surface area (Å²) in [5, 5.41) is 3.51. The fourth-order valence-electron chi connectivity index (χ4n) is 4.58. The number of benzene rings is 2. The molecule has 1 N–H and O–H groups in total. The molecule has 3 heterocycles. The maximum absolute atomic E-state index is 13.8. The summed E-state index contributed by atoms with van der Waals surface area (Å²) in [6, 6.07) is 18.1. The third-order valence-corrected chi connectivity index (χ3v) is 6.38. The van der Waals surface area contributed by atoms with Gasteiger partial charge in [0.25, 0.3) is 0 Å². The number of nitrogens with zero attached hydrogens (tertiary/aromatic N) is 3. The number of aromatic nitrogens is 2. The zero-order valence-electron chi connectivity index (χ0n) is 20.2. The van der Waals surface area contributed by atoms with Crippen LogP contribution in [0.4, 0.5) is 21.6 Å². The number of carbonyl (C=O) groups is 1. The van der Waals surface area contributed by atoms with Crippen molar-refractivity contribution in [2.24, 2.45) is 7.05 Å². The third kappa shape index (κ3) is 4.55. The molecule has 0 bridgehead atoms. The van der Waals surface area contributed by atoms with E-state index in [2.05, 4.69) is 27.3 Å². The Balaban J connectivity index is 1.63. The molecule has 2 aromatic heterocycles. The summed E-state index contributed by atoms with van der Waals surface area (Å²) < 4.78 is 26.2. The number of anilines is 3. The first-order chi connectivity index (χ1) is 17.6. The zero-order valence-corrected chi connectivity index (χ0v) is 20.2. The molecule has 4 aromatic rings. The summed E-state index contributed by atoms with van der Waals surface area (Å²) in [4.78, 5) is 19.4. The minimum absolute atomic E-state index is 0.349. The quantitative estimate of drug-likeness (QED) is 0.375. The van der Waals surface area contributed by atoms with E-state index in [-0.39, 0.29) is 5.82 Å². The lowest BCUT2D eigenvalue weighted by molar-refractivity contribution is 0.0591. The number of ether oxygens (including phenoxy) is 2.